The molecule has 2 N–H and O–H groups in total. The van der Waals surface area contributed by atoms with E-state index in [1.807, 2.05) is 35.3 Å². The smallest absolute Gasteiger partial charge is 0.242 e. The Labute approximate surface area is 89.2 Å². The molecule has 4 heteroatoms. The molecule has 0 radical (unpaired) electrons. The summed E-state index contributed by atoms with van der Waals surface area (Å²) in [6.45, 7) is 1.84. The zero-order valence-corrected chi connectivity index (χ0v) is 8.60. The van der Waals surface area contributed by atoms with Crippen LogP contribution in [0.2, 0.25) is 0 Å². The van der Waals surface area contributed by atoms with Crippen LogP contribution in [0.4, 0.5) is 5.69 Å². The van der Waals surface area contributed by atoms with Crippen LogP contribution in [0, 0.1) is 0 Å². The summed E-state index contributed by atoms with van der Waals surface area (Å²) in [6.07, 6.45) is 0.578. The van der Waals surface area contributed by atoms with Gasteiger partial charge in [0, 0.05) is 19.5 Å². The number of anilines is 1. The molecular weight excluding hydrogens is 190 g/mol. The standard InChI is InChI=1S/C11H15N3O/c12-7-9-14-11(15)6-8-13(14)10-4-2-1-3-5-10/h1-5H,6-9,12H2. The molecule has 1 aliphatic heterocycles. The van der Waals surface area contributed by atoms with Gasteiger partial charge < -0.3 is 5.73 Å². The quantitative estimate of drug-likeness (QED) is 0.786. The van der Waals surface area contributed by atoms with Gasteiger partial charge in [0.15, 0.2) is 0 Å². The number of hydrazine groups is 1. The Morgan fingerprint density at radius 1 is 1.27 bits per heavy atom. The summed E-state index contributed by atoms with van der Waals surface area (Å²) in [5.41, 5.74) is 6.54. The first-order valence-corrected chi connectivity index (χ1v) is 5.16. The highest BCUT2D eigenvalue weighted by Gasteiger charge is 2.27. The lowest BCUT2D eigenvalue weighted by atomic mass is 10.3. The molecule has 1 aromatic rings. The van der Waals surface area contributed by atoms with Crippen LogP contribution < -0.4 is 10.7 Å². The molecule has 0 aromatic heterocycles. The Morgan fingerprint density at radius 2 is 2.00 bits per heavy atom. The predicted molar refractivity (Wildman–Crippen MR) is 59.2 cm³/mol. The molecule has 0 unspecified atom stereocenters. The number of para-hydroxylation sites is 1. The number of carbonyl (C=O) groups is 1. The second kappa shape index (κ2) is 4.31. The molecule has 1 fully saturated rings. The van der Waals surface area contributed by atoms with Gasteiger partial charge in [0.05, 0.1) is 12.2 Å². The summed E-state index contributed by atoms with van der Waals surface area (Å²) < 4.78 is 0. The van der Waals surface area contributed by atoms with E-state index < -0.39 is 0 Å². The third-order valence-corrected chi connectivity index (χ3v) is 2.51. The molecule has 0 bridgehead atoms. The molecule has 4 nitrogen and oxygen atoms in total. The monoisotopic (exact) mass is 205 g/mol. The highest BCUT2D eigenvalue weighted by Crippen LogP contribution is 2.21. The Bertz CT molecular complexity index is 339. The topological polar surface area (TPSA) is 49.6 Å². The Kier molecular flexibility index (Phi) is 2.87. The molecule has 1 amide bonds. The molecule has 1 saturated heterocycles. The summed E-state index contributed by atoms with van der Waals surface area (Å²) in [7, 11) is 0. The first-order chi connectivity index (χ1) is 7.33. The average Bonchev–Trinajstić information content (AvgIpc) is 2.63. The van der Waals surface area contributed by atoms with Crippen LogP contribution in [0.25, 0.3) is 0 Å². The Balaban J connectivity index is 2.18. The number of rotatable bonds is 3. The molecule has 0 atom stereocenters. The predicted octanol–water partition coefficient (Wildman–Crippen LogP) is 0.599. The lowest BCUT2D eigenvalue weighted by Gasteiger charge is -2.29. The molecular formula is C11H15N3O. The van der Waals surface area contributed by atoms with Crippen LogP contribution in [0.5, 0.6) is 0 Å². The molecule has 2 rings (SSSR count). The first kappa shape index (κ1) is 9.98. The third-order valence-electron chi connectivity index (χ3n) is 2.51. The van der Waals surface area contributed by atoms with E-state index in [0.717, 1.165) is 12.2 Å². The van der Waals surface area contributed by atoms with Gasteiger partial charge in [-0.2, -0.15) is 0 Å². The molecule has 0 aliphatic carbocycles. The summed E-state index contributed by atoms with van der Waals surface area (Å²) in [6, 6.07) is 9.91. The van der Waals surface area contributed by atoms with E-state index in [9.17, 15) is 4.79 Å². The largest absolute Gasteiger partial charge is 0.329 e. The van der Waals surface area contributed by atoms with E-state index >= 15 is 0 Å². The van der Waals surface area contributed by atoms with Gasteiger partial charge in [-0.3, -0.25) is 14.8 Å². The van der Waals surface area contributed by atoms with Crippen LogP contribution in [0.15, 0.2) is 30.3 Å². The van der Waals surface area contributed by atoms with Crippen molar-refractivity contribution in [2.24, 2.45) is 5.73 Å². The van der Waals surface area contributed by atoms with E-state index in [4.69, 9.17) is 5.73 Å². The van der Waals surface area contributed by atoms with E-state index in [0.29, 0.717) is 19.5 Å². The van der Waals surface area contributed by atoms with Crippen molar-refractivity contribution < 1.29 is 4.79 Å². The Hall–Kier alpha value is -1.55. The molecule has 0 spiro atoms. The highest BCUT2D eigenvalue weighted by molar-refractivity contribution is 5.81. The van der Waals surface area contributed by atoms with E-state index in [1.54, 1.807) is 5.01 Å². The van der Waals surface area contributed by atoms with E-state index in [1.165, 1.54) is 0 Å². The van der Waals surface area contributed by atoms with Gasteiger partial charge in [-0.25, -0.2) is 0 Å². The fraction of sp³-hybridized carbons (Fsp3) is 0.364. The van der Waals surface area contributed by atoms with Gasteiger partial charge in [-0.15, -0.1) is 0 Å². The van der Waals surface area contributed by atoms with E-state index in [-0.39, 0.29) is 5.91 Å². The van der Waals surface area contributed by atoms with Crippen molar-refractivity contribution in [2.45, 2.75) is 6.42 Å². The second-order valence-electron chi connectivity index (χ2n) is 3.51. The number of hydrogen-bond acceptors (Lipinski definition) is 3. The lowest BCUT2D eigenvalue weighted by molar-refractivity contribution is -0.128. The maximum Gasteiger partial charge on any atom is 0.242 e. The second-order valence-corrected chi connectivity index (χ2v) is 3.51. The normalized spacial score (nSPS) is 16.2. The van der Waals surface area contributed by atoms with Gasteiger partial charge in [0.1, 0.15) is 0 Å². The number of benzene rings is 1. The summed E-state index contributed by atoms with van der Waals surface area (Å²) in [4.78, 5) is 11.6. The fourth-order valence-corrected chi connectivity index (χ4v) is 1.82. The van der Waals surface area contributed by atoms with Crippen molar-refractivity contribution in [1.82, 2.24) is 5.01 Å². The minimum atomic E-state index is 0.157. The number of nitrogens with zero attached hydrogens (tertiary/aromatic N) is 2. The van der Waals surface area contributed by atoms with Crippen molar-refractivity contribution in [3.63, 3.8) is 0 Å². The minimum absolute atomic E-state index is 0.157. The molecule has 1 aromatic carbocycles. The van der Waals surface area contributed by atoms with Gasteiger partial charge in [0.25, 0.3) is 0 Å². The summed E-state index contributed by atoms with van der Waals surface area (Å²) >= 11 is 0. The van der Waals surface area contributed by atoms with Crippen LogP contribution in [0.1, 0.15) is 6.42 Å². The third kappa shape index (κ3) is 1.94. The lowest BCUT2D eigenvalue weighted by Crippen LogP contribution is -2.42. The van der Waals surface area contributed by atoms with Crippen LogP contribution in [0.3, 0.4) is 0 Å². The average molecular weight is 205 g/mol. The first-order valence-electron chi connectivity index (χ1n) is 5.16. The fourth-order valence-electron chi connectivity index (χ4n) is 1.82. The molecule has 1 heterocycles. The van der Waals surface area contributed by atoms with E-state index in [2.05, 4.69) is 0 Å². The van der Waals surface area contributed by atoms with Gasteiger partial charge in [-0.1, -0.05) is 18.2 Å². The molecule has 15 heavy (non-hydrogen) atoms. The molecule has 0 saturated carbocycles. The van der Waals surface area contributed by atoms with Gasteiger partial charge >= 0.3 is 0 Å². The summed E-state index contributed by atoms with van der Waals surface area (Å²) in [5, 5.41) is 3.73. The summed E-state index contributed by atoms with van der Waals surface area (Å²) in [5.74, 6) is 0.157. The number of nitrogens with two attached hydrogens (primary N) is 1. The maximum atomic E-state index is 11.6. The van der Waals surface area contributed by atoms with Crippen LogP contribution in [-0.4, -0.2) is 30.6 Å². The van der Waals surface area contributed by atoms with Crippen molar-refractivity contribution in [2.75, 3.05) is 24.6 Å². The van der Waals surface area contributed by atoms with Crippen molar-refractivity contribution in [3.8, 4) is 0 Å². The van der Waals surface area contributed by atoms with Gasteiger partial charge in [0.2, 0.25) is 5.91 Å². The molecule has 80 valence electrons. The molecule has 1 aliphatic rings. The minimum Gasteiger partial charge on any atom is -0.329 e. The number of carbonyl (C=O) groups excluding carboxylic acids is 1. The van der Waals surface area contributed by atoms with Crippen molar-refractivity contribution in [3.05, 3.63) is 30.3 Å². The van der Waals surface area contributed by atoms with Gasteiger partial charge in [-0.05, 0) is 12.1 Å². The highest BCUT2D eigenvalue weighted by atomic mass is 16.2. The zero-order chi connectivity index (χ0) is 10.7. The van der Waals surface area contributed by atoms with Crippen molar-refractivity contribution in [1.29, 1.82) is 0 Å². The van der Waals surface area contributed by atoms with Crippen LogP contribution in [-0.2, 0) is 4.79 Å². The maximum absolute atomic E-state index is 11.6. The SMILES string of the molecule is NCCN1C(=O)CCN1c1ccccc1. The number of amides is 1. The van der Waals surface area contributed by atoms with Crippen molar-refractivity contribution >= 4 is 11.6 Å². The van der Waals surface area contributed by atoms with Crippen LogP contribution >= 0.6 is 0 Å². The Morgan fingerprint density at radius 3 is 2.67 bits per heavy atom. The number of hydrogen-bond donors (Lipinski definition) is 1. The zero-order valence-electron chi connectivity index (χ0n) is 8.60.